The van der Waals surface area contributed by atoms with E-state index in [9.17, 15) is 0 Å². The van der Waals surface area contributed by atoms with Crippen molar-refractivity contribution >= 4 is 5.82 Å². The molecule has 0 bridgehead atoms. The second kappa shape index (κ2) is 5.45. The Morgan fingerprint density at radius 3 is 2.47 bits per heavy atom. The van der Waals surface area contributed by atoms with Gasteiger partial charge in [0.15, 0.2) is 0 Å². The normalized spacial score (nSPS) is 11.2. The highest BCUT2D eigenvalue weighted by atomic mass is 15.3. The molecule has 2 N–H and O–H groups in total. The van der Waals surface area contributed by atoms with Crippen molar-refractivity contribution in [1.29, 1.82) is 0 Å². The van der Waals surface area contributed by atoms with Gasteiger partial charge in [0, 0.05) is 25.7 Å². The first-order valence-electron chi connectivity index (χ1n) is 6.50. The first-order chi connectivity index (χ1) is 8.99. The predicted molar refractivity (Wildman–Crippen MR) is 78.7 cm³/mol. The van der Waals surface area contributed by atoms with Crippen LogP contribution in [0.2, 0.25) is 0 Å². The number of aryl methyl sites for hydroxylation is 3. The van der Waals surface area contributed by atoms with Gasteiger partial charge >= 0.3 is 0 Å². The highest BCUT2D eigenvalue weighted by Gasteiger charge is 2.12. The molecule has 1 aromatic carbocycles. The van der Waals surface area contributed by atoms with Gasteiger partial charge in [-0.15, -0.1) is 0 Å². The van der Waals surface area contributed by atoms with Gasteiger partial charge in [-0.05, 0) is 32.0 Å². The number of aromatic nitrogens is 2. The zero-order valence-corrected chi connectivity index (χ0v) is 12.1. The van der Waals surface area contributed by atoms with Crippen LogP contribution in [0.5, 0.6) is 0 Å². The Hall–Kier alpha value is -1.81. The highest BCUT2D eigenvalue weighted by molar-refractivity contribution is 5.42. The van der Waals surface area contributed by atoms with E-state index in [1.165, 1.54) is 11.1 Å². The van der Waals surface area contributed by atoms with E-state index < -0.39 is 0 Å². The average molecular weight is 258 g/mol. The van der Waals surface area contributed by atoms with Crippen LogP contribution in [-0.4, -0.2) is 21.7 Å². The molecule has 0 fully saturated rings. The maximum atomic E-state index is 6.05. The summed E-state index contributed by atoms with van der Waals surface area (Å²) in [6, 6.07) is 8.47. The largest absolute Gasteiger partial charge is 0.384 e. The lowest BCUT2D eigenvalue weighted by atomic mass is 10.1. The van der Waals surface area contributed by atoms with Crippen LogP contribution in [0, 0.1) is 13.8 Å². The second-order valence-corrected chi connectivity index (χ2v) is 5.17. The molecule has 0 radical (unpaired) electrons. The fourth-order valence-corrected chi connectivity index (χ4v) is 2.32. The van der Waals surface area contributed by atoms with Crippen molar-refractivity contribution in [3.05, 3.63) is 46.6 Å². The van der Waals surface area contributed by atoms with Crippen LogP contribution in [0.15, 0.2) is 24.3 Å². The van der Waals surface area contributed by atoms with E-state index in [-0.39, 0.29) is 0 Å². The number of nitrogens with zero attached hydrogens (tertiary/aromatic N) is 3. The molecule has 0 aliphatic carbocycles. The second-order valence-electron chi connectivity index (χ2n) is 5.17. The minimum absolute atomic E-state index is 0.758. The number of hydrogen-bond acceptors (Lipinski definition) is 3. The smallest absolute Gasteiger partial charge is 0.126 e. The Morgan fingerprint density at radius 2 is 1.89 bits per heavy atom. The van der Waals surface area contributed by atoms with Crippen LogP contribution in [0.3, 0.4) is 0 Å². The standard InChI is InChI=1S/C15H22N4/c1-11-7-5-6-8-13(11)9-18(3)10-14-12(2)17-19(4)15(14)16/h5-8H,9-10,16H2,1-4H3. The number of hydrogen-bond donors (Lipinski definition) is 1. The van der Waals surface area contributed by atoms with Gasteiger partial charge < -0.3 is 5.73 Å². The Morgan fingerprint density at radius 1 is 1.21 bits per heavy atom. The van der Waals surface area contributed by atoms with Crippen molar-refractivity contribution in [2.75, 3.05) is 12.8 Å². The van der Waals surface area contributed by atoms with Crippen molar-refractivity contribution in [2.24, 2.45) is 7.05 Å². The highest BCUT2D eigenvalue weighted by Crippen LogP contribution is 2.18. The molecule has 1 aromatic heterocycles. The zero-order valence-electron chi connectivity index (χ0n) is 12.1. The molecule has 0 unspecified atom stereocenters. The molecular formula is C15H22N4. The summed E-state index contributed by atoms with van der Waals surface area (Å²) in [5, 5.41) is 4.35. The molecule has 0 saturated heterocycles. The molecule has 0 amide bonds. The van der Waals surface area contributed by atoms with Gasteiger partial charge in [-0.2, -0.15) is 5.10 Å². The van der Waals surface area contributed by atoms with Crippen LogP contribution in [0.25, 0.3) is 0 Å². The third-order valence-corrected chi connectivity index (χ3v) is 3.52. The van der Waals surface area contributed by atoms with Crippen LogP contribution >= 0.6 is 0 Å². The number of anilines is 1. The quantitative estimate of drug-likeness (QED) is 0.915. The lowest BCUT2D eigenvalue weighted by molar-refractivity contribution is 0.318. The fourth-order valence-electron chi connectivity index (χ4n) is 2.32. The van der Waals surface area contributed by atoms with Crippen molar-refractivity contribution < 1.29 is 0 Å². The molecule has 102 valence electrons. The van der Waals surface area contributed by atoms with Gasteiger partial charge in [-0.3, -0.25) is 9.58 Å². The number of benzene rings is 1. The topological polar surface area (TPSA) is 47.1 Å². The average Bonchev–Trinajstić information content (AvgIpc) is 2.59. The van der Waals surface area contributed by atoms with E-state index in [2.05, 4.69) is 48.2 Å². The van der Waals surface area contributed by atoms with E-state index >= 15 is 0 Å². The van der Waals surface area contributed by atoms with E-state index in [1.54, 1.807) is 4.68 Å². The zero-order chi connectivity index (χ0) is 14.0. The van der Waals surface area contributed by atoms with Crippen LogP contribution in [0.1, 0.15) is 22.4 Å². The van der Waals surface area contributed by atoms with Gasteiger partial charge in [-0.25, -0.2) is 0 Å². The summed E-state index contributed by atoms with van der Waals surface area (Å²) >= 11 is 0. The molecule has 4 heteroatoms. The van der Waals surface area contributed by atoms with E-state index in [0.29, 0.717) is 0 Å². The molecule has 0 spiro atoms. The van der Waals surface area contributed by atoms with E-state index in [0.717, 1.165) is 30.2 Å². The molecule has 0 aliphatic heterocycles. The molecule has 4 nitrogen and oxygen atoms in total. The summed E-state index contributed by atoms with van der Waals surface area (Å²) in [5.74, 6) is 0.758. The van der Waals surface area contributed by atoms with Crippen molar-refractivity contribution in [3.8, 4) is 0 Å². The number of nitrogens with two attached hydrogens (primary N) is 1. The molecule has 1 heterocycles. The van der Waals surface area contributed by atoms with Crippen LogP contribution < -0.4 is 5.73 Å². The summed E-state index contributed by atoms with van der Waals surface area (Å²) < 4.78 is 1.74. The van der Waals surface area contributed by atoms with Crippen molar-refractivity contribution in [3.63, 3.8) is 0 Å². The Balaban J connectivity index is 2.10. The van der Waals surface area contributed by atoms with E-state index in [1.807, 2.05) is 14.0 Å². The fraction of sp³-hybridized carbons (Fsp3) is 0.400. The van der Waals surface area contributed by atoms with Gasteiger partial charge in [0.05, 0.1) is 5.69 Å². The van der Waals surface area contributed by atoms with Gasteiger partial charge in [-0.1, -0.05) is 24.3 Å². The monoisotopic (exact) mass is 258 g/mol. The summed E-state index contributed by atoms with van der Waals surface area (Å²) in [4.78, 5) is 2.27. The summed E-state index contributed by atoms with van der Waals surface area (Å²) in [6.45, 7) is 5.89. The van der Waals surface area contributed by atoms with E-state index in [4.69, 9.17) is 5.73 Å². The maximum absolute atomic E-state index is 6.05. The third kappa shape index (κ3) is 2.96. The minimum atomic E-state index is 0.758. The SMILES string of the molecule is Cc1ccccc1CN(C)Cc1c(C)nn(C)c1N. The van der Waals surface area contributed by atoms with Gasteiger partial charge in [0.2, 0.25) is 0 Å². The number of nitrogen functional groups attached to an aromatic ring is 1. The lowest BCUT2D eigenvalue weighted by Crippen LogP contribution is -2.19. The third-order valence-electron chi connectivity index (χ3n) is 3.52. The lowest BCUT2D eigenvalue weighted by Gasteiger charge is -2.18. The van der Waals surface area contributed by atoms with Crippen molar-refractivity contribution in [1.82, 2.24) is 14.7 Å². The first-order valence-corrected chi connectivity index (χ1v) is 6.50. The molecule has 0 atom stereocenters. The first kappa shape index (κ1) is 13.6. The molecule has 2 aromatic rings. The van der Waals surface area contributed by atoms with Crippen LogP contribution in [0.4, 0.5) is 5.82 Å². The molecule has 0 aliphatic rings. The maximum Gasteiger partial charge on any atom is 0.126 e. The van der Waals surface area contributed by atoms with Crippen molar-refractivity contribution in [2.45, 2.75) is 26.9 Å². The van der Waals surface area contributed by atoms with Crippen LogP contribution in [-0.2, 0) is 20.1 Å². The predicted octanol–water partition coefficient (Wildman–Crippen LogP) is 2.25. The minimum Gasteiger partial charge on any atom is -0.384 e. The molecule has 2 rings (SSSR count). The Bertz CT molecular complexity index is 572. The molecular weight excluding hydrogens is 236 g/mol. The molecule has 0 saturated carbocycles. The Kier molecular flexibility index (Phi) is 3.90. The Labute approximate surface area is 114 Å². The summed E-state index contributed by atoms with van der Waals surface area (Å²) in [5.41, 5.74) is 10.9. The molecule has 19 heavy (non-hydrogen) atoms. The van der Waals surface area contributed by atoms with Gasteiger partial charge in [0.1, 0.15) is 5.82 Å². The summed E-state index contributed by atoms with van der Waals surface area (Å²) in [7, 11) is 3.99. The summed E-state index contributed by atoms with van der Waals surface area (Å²) in [6.07, 6.45) is 0. The van der Waals surface area contributed by atoms with Gasteiger partial charge in [0.25, 0.3) is 0 Å². The number of rotatable bonds is 4.